The van der Waals surface area contributed by atoms with Crippen LogP contribution in [-0.4, -0.2) is 24.2 Å². The van der Waals surface area contributed by atoms with Gasteiger partial charge >= 0.3 is 0 Å². The van der Waals surface area contributed by atoms with Gasteiger partial charge in [-0.3, -0.25) is 4.79 Å². The molecule has 0 spiro atoms. The van der Waals surface area contributed by atoms with Crippen LogP contribution >= 0.6 is 0 Å². The summed E-state index contributed by atoms with van der Waals surface area (Å²) in [6.45, 7) is 2.58. The van der Waals surface area contributed by atoms with Crippen LogP contribution < -0.4 is 11.1 Å². The van der Waals surface area contributed by atoms with Crippen molar-refractivity contribution in [1.82, 2.24) is 5.32 Å². The first kappa shape index (κ1) is 12.9. The molecule has 1 unspecified atom stereocenters. The minimum Gasteiger partial charge on any atom is -0.399 e. The first-order valence-electron chi connectivity index (χ1n) is 6.30. The third-order valence-corrected chi connectivity index (χ3v) is 3.73. The van der Waals surface area contributed by atoms with Crippen LogP contribution in [0.1, 0.15) is 31.2 Å². The van der Waals surface area contributed by atoms with Gasteiger partial charge in [0.05, 0.1) is 12.5 Å². The fourth-order valence-corrected chi connectivity index (χ4v) is 1.97. The van der Waals surface area contributed by atoms with Crippen LogP contribution in [0.4, 0.5) is 5.69 Å². The Bertz CT molecular complexity index is 441. The summed E-state index contributed by atoms with van der Waals surface area (Å²) in [7, 11) is 0. The Balaban J connectivity index is 1.92. The summed E-state index contributed by atoms with van der Waals surface area (Å²) in [5.41, 5.74) is 7.24. The third-order valence-electron chi connectivity index (χ3n) is 3.73. The van der Waals surface area contributed by atoms with Crippen molar-refractivity contribution in [2.45, 2.75) is 25.7 Å². The molecule has 1 saturated carbocycles. The molecule has 4 N–H and O–H groups in total. The topological polar surface area (TPSA) is 75.3 Å². The van der Waals surface area contributed by atoms with E-state index in [-0.39, 0.29) is 23.8 Å². The Morgan fingerprint density at radius 3 is 2.83 bits per heavy atom. The average Bonchev–Trinajstić information content (AvgIpc) is 3.16. The molecule has 0 heterocycles. The first-order chi connectivity index (χ1) is 8.56. The number of hydrogen-bond acceptors (Lipinski definition) is 3. The van der Waals surface area contributed by atoms with Crippen LogP contribution in [0, 0.1) is 5.41 Å². The normalized spacial score (nSPS) is 18.1. The highest BCUT2D eigenvalue weighted by Crippen LogP contribution is 2.44. The molecule has 0 aliphatic heterocycles. The molecule has 4 heteroatoms. The van der Waals surface area contributed by atoms with Crippen LogP contribution in [0.25, 0.3) is 0 Å². The maximum atomic E-state index is 12.0. The Hall–Kier alpha value is -1.55. The van der Waals surface area contributed by atoms with Crippen molar-refractivity contribution in [2.75, 3.05) is 18.9 Å². The van der Waals surface area contributed by atoms with Gasteiger partial charge in [-0.2, -0.15) is 0 Å². The number of aliphatic hydroxyl groups excluding tert-OH is 1. The van der Waals surface area contributed by atoms with Crippen LogP contribution in [0.5, 0.6) is 0 Å². The first-order valence-corrected chi connectivity index (χ1v) is 6.30. The fraction of sp³-hybridized carbons (Fsp3) is 0.500. The molecular weight excluding hydrogens is 228 g/mol. The SMILES string of the molecule is CC(C(=O)NCC1(CO)CC1)c1cccc(N)c1. The molecule has 1 aliphatic rings. The van der Waals surface area contributed by atoms with Crippen LogP contribution in [-0.2, 0) is 4.79 Å². The van der Waals surface area contributed by atoms with Crippen LogP contribution in [0.15, 0.2) is 24.3 Å². The molecule has 4 nitrogen and oxygen atoms in total. The van der Waals surface area contributed by atoms with E-state index in [2.05, 4.69) is 5.32 Å². The van der Waals surface area contributed by atoms with E-state index in [1.807, 2.05) is 25.1 Å². The number of carbonyl (C=O) groups excluding carboxylic acids is 1. The number of hydrogen-bond donors (Lipinski definition) is 3. The standard InChI is InChI=1S/C14H20N2O2/c1-10(11-3-2-4-12(15)7-11)13(18)16-8-14(9-17)5-6-14/h2-4,7,10,17H,5-6,8-9,15H2,1H3,(H,16,18). The van der Waals surface area contributed by atoms with Gasteiger partial charge in [0.25, 0.3) is 0 Å². The number of benzene rings is 1. The van der Waals surface area contributed by atoms with E-state index < -0.39 is 0 Å². The summed E-state index contributed by atoms with van der Waals surface area (Å²) in [5, 5.41) is 12.1. The van der Waals surface area contributed by atoms with E-state index in [0.29, 0.717) is 12.2 Å². The average molecular weight is 248 g/mol. The van der Waals surface area contributed by atoms with Crippen molar-refractivity contribution in [3.63, 3.8) is 0 Å². The van der Waals surface area contributed by atoms with Crippen molar-refractivity contribution >= 4 is 11.6 Å². The molecule has 1 amide bonds. The molecule has 1 aromatic carbocycles. The molecule has 0 saturated heterocycles. The minimum absolute atomic E-state index is 0.0136. The lowest BCUT2D eigenvalue weighted by Crippen LogP contribution is -2.34. The van der Waals surface area contributed by atoms with Crippen LogP contribution in [0.3, 0.4) is 0 Å². The van der Waals surface area contributed by atoms with Crippen molar-refractivity contribution in [2.24, 2.45) is 5.41 Å². The molecule has 98 valence electrons. The number of rotatable bonds is 5. The summed E-state index contributed by atoms with van der Waals surface area (Å²) in [6, 6.07) is 7.38. The monoisotopic (exact) mass is 248 g/mol. The molecule has 2 rings (SSSR count). The number of nitrogens with one attached hydrogen (secondary N) is 1. The van der Waals surface area contributed by atoms with E-state index in [0.717, 1.165) is 18.4 Å². The molecule has 0 bridgehead atoms. The Morgan fingerprint density at radius 1 is 1.56 bits per heavy atom. The van der Waals surface area contributed by atoms with Gasteiger partial charge < -0.3 is 16.2 Å². The second kappa shape index (κ2) is 4.98. The van der Waals surface area contributed by atoms with E-state index in [9.17, 15) is 9.90 Å². The van der Waals surface area contributed by atoms with E-state index in [1.165, 1.54) is 0 Å². The highest BCUT2D eigenvalue weighted by Gasteiger charge is 2.42. The van der Waals surface area contributed by atoms with E-state index in [1.54, 1.807) is 6.07 Å². The number of nitrogen functional groups attached to an aromatic ring is 1. The maximum Gasteiger partial charge on any atom is 0.227 e. The lowest BCUT2D eigenvalue weighted by molar-refractivity contribution is -0.122. The van der Waals surface area contributed by atoms with Crippen molar-refractivity contribution < 1.29 is 9.90 Å². The van der Waals surface area contributed by atoms with Gasteiger partial charge in [-0.15, -0.1) is 0 Å². The lowest BCUT2D eigenvalue weighted by atomic mass is 9.99. The smallest absolute Gasteiger partial charge is 0.227 e. The third kappa shape index (κ3) is 2.82. The number of amides is 1. The van der Waals surface area contributed by atoms with Gasteiger partial charge in [0.2, 0.25) is 5.91 Å². The zero-order valence-electron chi connectivity index (χ0n) is 10.6. The number of aliphatic hydroxyl groups is 1. The van der Waals surface area contributed by atoms with Crippen molar-refractivity contribution in [3.8, 4) is 0 Å². The molecule has 0 aromatic heterocycles. The molecular formula is C14H20N2O2. The van der Waals surface area contributed by atoms with Gasteiger partial charge in [0, 0.05) is 17.6 Å². The predicted molar refractivity (Wildman–Crippen MR) is 71.0 cm³/mol. The van der Waals surface area contributed by atoms with Crippen molar-refractivity contribution in [1.29, 1.82) is 0 Å². The number of nitrogens with two attached hydrogens (primary N) is 1. The van der Waals surface area contributed by atoms with Gasteiger partial charge in [0.15, 0.2) is 0 Å². The zero-order chi connectivity index (χ0) is 13.2. The van der Waals surface area contributed by atoms with Gasteiger partial charge in [-0.05, 0) is 37.5 Å². The zero-order valence-corrected chi connectivity index (χ0v) is 10.6. The Kier molecular flexibility index (Phi) is 3.57. The second-order valence-corrected chi connectivity index (χ2v) is 5.27. The largest absolute Gasteiger partial charge is 0.399 e. The highest BCUT2D eigenvalue weighted by molar-refractivity contribution is 5.83. The van der Waals surface area contributed by atoms with Gasteiger partial charge in [-0.1, -0.05) is 12.1 Å². The lowest BCUT2D eigenvalue weighted by Gasteiger charge is -2.16. The molecule has 1 atom stereocenters. The molecule has 1 aliphatic carbocycles. The summed E-state index contributed by atoms with van der Waals surface area (Å²) >= 11 is 0. The maximum absolute atomic E-state index is 12.0. The summed E-state index contributed by atoms with van der Waals surface area (Å²) < 4.78 is 0. The Labute approximate surface area is 107 Å². The predicted octanol–water partition coefficient (Wildman–Crippen LogP) is 1.26. The van der Waals surface area contributed by atoms with E-state index >= 15 is 0 Å². The summed E-state index contributed by atoms with van der Waals surface area (Å²) in [5.74, 6) is -0.233. The Morgan fingerprint density at radius 2 is 2.28 bits per heavy atom. The van der Waals surface area contributed by atoms with Gasteiger partial charge in [0.1, 0.15) is 0 Å². The molecule has 0 radical (unpaired) electrons. The van der Waals surface area contributed by atoms with Crippen LogP contribution in [0.2, 0.25) is 0 Å². The quantitative estimate of drug-likeness (QED) is 0.687. The number of anilines is 1. The molecule has 18 heavy (non-hydrogen) atoms. The number of carbonyl (C=O) groups is 1. The molecule has 1 aromatic rings. The minimum atomic E-state index is -0.219. The van der Waals surface area contributed by atoms with Gasteiger partial charge in [-0.25, -0.2) is 0 Å². The van der Waals surface area contributed by atoms with Crippen molar-refractivity contribution in [3.05, 3.63) is 29.8 Å². The highest BCUT2D eigenvalue weighted by atomic mass is 16.3. The summed E-state index contributed by atoms with van der Waals surface area (Å²) in [6.07, 6.45) is 1.99. The van der Waals surface area contributed by atoms with E-state index in [4.69, 9.17) is 5.73 Å². The fourth-order valence-electron chi connectivity index (χ4n) is 1.97. The second-order valence-electron chi connectivity index (χ2n) is 5.27. The molecule has 1 fully saturated rings. The summed E-state index contributed by atoms with van der Waals surface area (Å²) in [4.78, 5) is 12.0.